The molecule has 0 saturated heterocycles. The molecule has 0 atom stereocenters. The number of aromatic nitrogens is 2. The van der Waals surface area contributed by atoms with Gasteiger partial charge >= 0.3 is 5.97 Å². The normalized spacial score (nSPS) is 10.9. The number of ether oxygens (including phenoxy) is 1. The van der Waals surface area contributed by atoms with Crippen LogP contribution in [0.5, 0.6) is 0 Å². The summed E-state index contributed by atoms with van der Waals surface area (Å²) in [7, 11) is 1.38. The fourth-order valence-corrected chi connectivity index (χ4v) is 3.41. The number of pyridine rings is 1. The van der Waals surface area contributed by atoms with Crippen molar-refractivity contribution >= 4 is 23.4 Å². The van der Waals surface area contributed by atoms with Gasteiger partial charge in [0.2, 0.25) is 0 Å². The summed E-state index contributed by atoms with van der Waals surface area (Å²) in [6.45, 7) is 4.21. The Hall–Kier alpha value is -2.27. The second kappa shape index (κ2) is 6.46. The zero-order valence-corrected chi connectivity index (χ0v) is 14.2. The lowest BCUT2D eigenvalue weighted by Crippen LogP contribution is -2.03. The van der Waals surface area contributed by atoms with Gasteiger partial charge in [-0.05, 0) is 37.6 Å². The lowest BCUT2D eigenvalue weighted by molar-refractivity contribution is 0.0602. The van der Waals surface area contributed by atoms with E-state index < -0.39 is 0 Å². The van der Waals surface area contributed by atoms with Crippen LogP contribution >= 0.6 is 11.8 Å². The van der Waals surface area contributed by atoms with Gasteiger partial charge in [-0.15, -0.1) is 11.8 Å². The molecule has 3 rings (SSSR count). The number of carbonyl (C=O) groups is 1. The van der Waals surface area contributed by atoms with Crippen molar-refractivity contribution < 1.29 is 9.53 Å². The minimum atomic E-state index is -0.366. The van der Waals surface area contributed by atoms with Crippen molar-refractivity contribution in [2.45, 2.75) is 24.5 Å². The van der Waals surface area contributed by atoms with E-state index in [0.717, 1.165) is 11.4 Å². The maximum absolute atomic E-state index is 11.8. The number of rotatable bonds is 4. The van der Waals surface area contributed by atoms with E-state index in [0.29, 0.717) is 11.2 Å². The number of benzene rings is 1. The Labute approximate surface area is 139 Å². The number of hydrogen-bond donors (Lipinski definition) is 0. The van der Waals surface area contributed by atoms with E-state index in [1.165, 1.54) is 23.1 Å². The topological polar surface area (TPSA) is 43.6 Å². The molecule has 0 aliphatic carbocycles. The van der Waals surface area contributed by atoms with Crippen molar-refractivity contribution in [1.82, 2.24) is 9.38 Å². The number of thioether (sulfide) groups is 1. The molecule has 0 unspecified atom stereocenters. The van der Waals surface area contributed by atoms with Crippen molar-refractivity contribution in [3.63, 3.8) is 0 Å². The Morgan fingerprint density at radius 3 is 2.87 bits per heavy atom. The van der Waals surface area contributed by atoms with E-state index in [1.54, 1.807) is 17.8 Å². The molecule has 0 bridgehead atoms. The van der Waals surface area contributed by atoms with Gasteiger partial charge in [-0.25, -0.2) is 9.78 Å². The summed E-state index contributed by atoms with van der Waals surface area (Å²) >= 11 is 1.75. The number of carbonyl (C=O) groups excluding carboxylic acids is 1. The lowest BCUT2D eigenvalue weighted by atomic mass is 10.2. The number of hydrogen-bond acceptors (Lipinski definition) is 4. The first kappa shape index (κ1) is 15.6. The third kappa shape index (κ3) is 3.24. The van der Waals surface area contributed by atoms with Crippen LogP contribution < -0.4 is 0 Å². The summed E-state index contributed by atoms with van der Waals surface area (Å²) in [5.74, 6) is 0.390. The first-order chi connectivity index (χ1) is 11.1. The molecule has 3 aromatic rings. The maximum atomic E-state index is 11.8. The van der Waals surface area contributed by atoms with Crippen molar-refractivity contribution in [2.75, 3.05) is 7.11 Å². The van der Waals surface area contributed by atoms with E-state index in [4.69, 9.17) is 4.74 Å². The molecule has 2 aromatic heterocycles. The van der Waals surface area contributed by atoms with Gasteiger partial charge in [-0.2, -0.15) is 0 Å². The fraction of sp³-hybridized carbons (Fsp3) is 0.222. The molecule has 0 aliphatic rings. The van der Waals surface area contributed by atoms with Crippen LogP contribution in [-0.2, 0) is 10.5 Å². The summed E-state index contributed by atoms with van der Waals surface area (Å²) in [4.78, 5) is 17.6. The second-order valence-corrected chi connectivity index (χ2v) is 6.45. The van der Waals surface area contributed by atoms with Crippen LogP contribution in [0.2, 0.25) is 0 Å². The number of methoxy groups -OCH3 is 1. The highest BCUT2D eigenvalue weighted by Crippen LogP contribution is 2.26. The molecule has 23 heavy (non-hydrogen) atoms. The van der Waals surface area contributed by atoms with Crippen molar-refractivity contribution in [3.05, 3.63) is 65.1 Å². The molecule has 1 aromatic carbocycles. The summed E-state index contributed by atoms with van der Waals surface area (Å²) < 4.78 is 6.68. The van der Waals surface area contributed by atoms with Crippen LogP contribution in [-0.4, -0.2) is 22.5 Å². The first-order valence-corrected chi connectivity index (χ1v) is 8.32. The molecule has 5 heteroatoms. The van der Waals surface area contributed by atoms with Crippen LogP contribution in [0.1, 0.15) is 27.2 Å². The summed E-state index contributed by atoms with van der Waals surface area (Å²) in [5.41, 5.74) is 4.59. The van der Waals surface area contributed by atoms with Crippen LogP contribution in [0.25, 0.3) is 5.65 Å². The molecule has 0 fully saturated rings. The van der Waals surface area contributed by atoms with Crippen LogP contribution in [0, 0.1) is 13.8 Å². The molecular weight excluding hydrogens is 308 g/mol. The SMILES string of the molecule is COC(=O)c1cccn2cc(CSc3ccc(C)cc3C)nc12. The fourth-order valence-electron chi connectivity index (χ4n) is 2.52. The molecule has 118 valence electrons. The molecule has 0 aliphatic heterocycles. The number of esters is 1. The predicted octanol–water partition coefficient (Wildman–Crippen LogP) is 4.03. The summed E-state index contributed by atoms with van der Waals surface area (Å²) in [6.07, 6.45) is 3.85. The summed E-state index contributed by atoms with van der Waals surface area (Å²) in [5, 5.41) is 0. The second-order valence-electron chi connectivity index (χ2n) is 5.43. The highest BCUT2D eigenvalue weighted by molar-refractivity contribution is 7.98. The molecule has 0 amide bonds. The molecule has 0 saturated carbocycles. The van der Waals surface area contributed by atoms with Crippen molar-refractivity contribution in [1.29, 1.82) is 0 Å². The largest absolute Gasteiger partial charge is 0.465 e. The Balaban J connectivity index is 1.85. The highest BCUT2D eigenvalue weighted by atomic mass is 32.2. The number of aryl methyl sites for hydroxylation is 2. The van der Waals surface area contributed by atoms with E-state index in [9.17, 15) is 4.79 Å². The molecule has 2 heterocycles. The number of nitrogens with zero attached hydrogens (tertiary/aromatic N) is 2. The number of imidazole rings is 1. The Morgan fingerprint density at radius 1 is 1.30 bits per heavy atom. The molecule has 0 radical (unpaired) electrons. The molecule has 4 nitrogen and oxygen atoms in total. The summed E-state index contributed by atoms with van der Waals surface area (Å²) in [6, 6.07) is 10.00. The van der Waals surface area contributed by atoms with Crippen LogP contribution in [0.4, 0.5) is 0 Å². The lowest BCUT2D eigenvalue weighted by Gasteiger charge is -2.05. The van der Waals surface area contributed by atoms with Crippen LogP contribution in [0.3, 0.4) is 0 Å². The zero-order chi connectivity index (χ0) is 16.4. The Bertz CT molecular complexity index is 871. The number of fused-ring (bicyclic) bond motifs is 1. The van der Waals surface area contributed by atoms with Crippen molar-refractivity contribution in [2.24, 2.45) is 0 Å². The van der Waals surface area contributed by atoms with Gasteiger partial charge in [0.25, 0.3) is 0 Å². The third-order valence-corrected chi connectivity index (χ3v) is 4.85. The van der Waals surface area contributed by atoms with E-state index in [1.807, 2.05) is 22.9 Å². The van der Waals surface area contributed by atoms with E-state index >= 15 is 0 Å². The Kier molecular flexibility index (Phi) is 4.39. The molecule has 0 N–H and O–H groups in total. The molecule has 0 spiro atoms. The van der Waals surface area contributed by atoms with Gasteiger partial charge in [-0.3, -0.25) is 0 Å². The average Bonchev–Trinajstić information content (AvgIpc) is 2.96. The van der Waals surface area contributed by atoms with Gasteiger partial charge in [0, 0.05) is 23.0 Å². The highest BCUT2D eigenvalue weighted by Gasteiger charge is 2.13. The van der Waals surface area contributed by atoms with Gasteiger partial charge in [0.05, 0.1) is 12.8 Å². The van der Waals surface area contributed by atoms with E-state index in [2.05, 4.69) is 37.0 Å². The molecular formula is C18H18N2O2S. The standard InChI is InChI=1S/C18H18N2O2S/c1-12-6-7-16(13(2)9-12)23-11-14-10-20-8-4-5-15(17(20)19-14)18(21)22-3/h4-10H,11H2,1-3H3. The van der Waals surface area contributed by atoms with E-state index in [-0.39, 0.29) is 5.97 Å². The van der Waals surface area contributed by atoms with Gasteiger partial charge in [0.15, 0.2) is 5.65 Å². The minimum absolute atomic E-state index is 0.366. The minimum Gasteiger partial charge on any atom is -0.465 e. The van der Waals surface area contributed by atoms with Gasteiger partial charge in [-0.1, -0.05) is 17.7 Å². The quantitative estimate of drug-likeness (QED) is 0.536. The zero-order valence-electron chi connectivity index (χ0n) is 13.4. The monoisotopic (exact) mass is 326 g/mol. The Morgan fingerprint density at radius 2 is 2.13 bits per heavy atom. The predicted molar refractivity (Wildman–Crippen MR) is 92.0 cm³/mol. The van der Waals surface area contributed by atoms with Crippen LogP contribution in [0.15, 0.2) is 47.6 Å². The van der Waals surface area contributed by atoms with Crippen molar-refractivity contribution in [3.8, 4) is 0 Å². The maximum Gasteiger partial charge on any atom is 0.341 e. The smallest absolute Gasteiger partial charge is 0.341 e. The third-order valence-electron chi connectivity index (χ3n) is 3.64. The first-order valence-electron chi connectivity index (χ1n) is 7.33. The van der Waals surface area contributed by atoms with Gasteiger partial charge < -0.3 is 9.14 Å². The average molecular weight is 326 g/mol. The van der Waals surface area contributed by atoms with Gasteiger partial charge in [0.1, 0.15) is 5.56 Å².